The quantitative estimate of drug-likeness (QED) is 0.763. The van der Waals surface area contributed by atoms with Gasteiger partial charge in [0, 0.05) is 11.6 Å². The number of hydrogen-bond acceptors (Lipinski definition) is 2. The second-order valence-corrected chi connectivity index (χ2v) is 4.96. The molecule has 0 aromatic heterocycles. The summed E-state index contributed by atoms with van der Waals surface area (Å²) in [6.07, 6.45) is 4.72. The van der Waals surface area contributed by atoms with Gasteiger partial charge >= 0.3 is 0 Å². The number of carbonyl (C=O) groups excluding carboxylic acids is 1. The summed E-state index contributed by atoms with van der Waals surface area (Å²) < 4.78 is 12.8. The molecule has 0 amide bonds. The Labute approximate surface area is 108 Å². The Morgan fingerprint density at radius 1 is 1.33 bits per heavy atom. The van der Waals surface area contributed by atoms with Crippen LogP contribution in [0.2, 0.25) is 0 Å². The standard InChI is InChI=1S/C15H20FNO/c1-2-14-5-3-4-10-17(14)11-15(18)12-6-8-13(16)9-7-12/h6-9,14H,2-5,10-11H2,1H3/t14-/m1/s1. The lowest BCUT2D eigenvalue weighted by molar-refractivity contribution is 0.0838. The van der Waals surface area contributed by atoms with Crippen molar-refractivity contribution in [2.24, 2.45) is 0 Å². The van der Waals surface area contributed by atoms with E-state index in [-0.39, 0.29) is 11.6 Å². The van der Waals surface area contributed by atoms with Gasteiger partial charge in [-0.3, -0.25) is 9.69 Å². The van der Waals surface area contributed by atoms with Crippen LogP contribution >= 0.6 is 0 Å². The normalized spacial score (nSPS) is 20.9. The Hall–Kier alpha value is -1.22. The molecule has 0 bridgehead atoms. The van der Waals surface area contributed by atoms with E-state index in [0.717, 1.165) is 13.0 Å². The van der Waals surface area contributed by atoms with Crippen molar-refractivity contribution in [2.75, 3.05) is 13.1 Å². The van der Waals surface area contributed by atoms with E-state index in [0.29, 0.717) is 18.2 Å². The fourth-order valence-corrected chi connectivity index (χ4v) is 2.64. The number of likely N-dealkylation sites (tertiary alicyclic amines) is 1. The average molecular weight is 249 g/mol. The summed E-state index contributed by atoms with van der Waals surface area (Å²) in [6.45, 7) is 3.64. The fraction of sp³-hybridized carbons (Fsp3) is 0.533. The number of piperidine rings is 1. The minimum atomic E-state index is -0.295. The van der Waals surface area contributed by atoms with Crippen LogP contribution in [0.1, 0.15) is 43.0 Å². The average Bonchev–Trinajstić information content (AvgIpc) is 2.40. The topological polar surface area (TPSA) is 20.3 Å². The molecule has 2 nitrogen and oxygen atoms in total. The van der Waals surface area contributed by atoms with Crippen molar-refractivity contribution in [3.05, 3.63) is 35.6 Å². The van der Waals surface area contributed by atoms with Crippen molar-refractivity contribution in [2.45, 2.75) is 38.6 Å². The Bertz CT molecular complexity index is 401. The molecule has 0 saturated carbocycles. The van der Waals surface area contributed by atoms with E-state index in [9.17, 15) is 9.18 Å². The van der Waals surface area contributed by atoms with Crippen molar-refractivity contribution in [1.82, 2.24) is 4.90 Å². The van der Waals surface area contributed by atoms with Crippen molar-refractivity contribution < 1.29 is 9.18 Å². The van der Waals surface area contributed by atoms with Gasteiger partial charge in [0.15, 0.2) is 5.78 Å². The molecule has 0 radical (unpaired) electrons. The molecule has 98 valence electrons. The van der Waals surface area contributed by atoms with E-state index in [1.165, 1.54) is 31.4 Å². The highest BCUT2D eigenvalue weighted by molar-refractivity contribution is 5.97. The van der Waals surface area contributed by atoms with Crippen LogP contribution in [0.15, 0.2) is 24.3 Å². The largest absolute Gasteiger partial charge is 0.293 e. The zero-order valence-corrected chi connectivity index (χ0v) is 10.9. The zero-order chi connectivity index (χ0) is 13.0. The highest BCUT2D eigenvalue weighted by Crippen LogP contribution is 2.19. The summed E-state index contributed by atoms with van der Waals surface area (Å²) in [7, 11) is 0. The number of nitrogens with zero attached hydrogens (tertiary/aromatic N) is 1. The Morgan fingerprint density at radius 2 is 2.06 bits per heavy atom. The predicted octanol–water partition coefficient (Wildman–Crippen LogP) is 3.27. The molecular weight excluding hydrogens is 229 g/mol. The van der Waals surface area contributed by atoms with Crippen LogP contribution in [0.25, 0.3) is 0 Å². The third-order valence-electron chi connectivity index (χ3n) is 3.73. The van der Waals surface area contributed by atoms with Gasteiger partial charge in [-0.1, -0.05) is 13.3 Å². The molecule has 0 unspecified atom stereocenters. The highest BCUT2D eigenvalue weighted by Gasteiger charge is 2.23. The third-order valence-corrected chi connectivity index (χ3v) is 3.73. The van der Waals surface area contributed by atoms with Crippen LogP contribution in [0.4, 0.5) is 4.39 Å². The molecule has 1 heterocycles. The molecule has 18 heavy (non-hydrogen) atoms. The number of benzene rings is 1. The number of Topliss-reactive ketones (excluding diaryl/α,β-unsaturated/α-hetero) is 1. The van der Waals surface area contributed by atoms with Crippen molar-refractivity contribution in [1.29, 1.82) is 0 Å². The van der Waals surface area contributed by atoms with Crippen LogP contribution in [-0.4, -0.2) is 29.8 Å². The van der Waals surface area contributed by atoms with Crippen molar-refractivity contribution in [3.8, 4) is 0 Å². The summed E-state index contributed by atoms with van der Waals surface area (Å²) in [5.74, 6) is -0.202. The van der Waals surface area contributed by atoms with Crippen LogP contribution in [0.3, 0.4) is 0 Å². The number of carbonyl (C=O) groups is 1. The van der Waals surface area contributed by atoms with Crippen LogP contribution in [0, 0.1) is 5.82 Å². The lowest BCUT2D eigenvalue weighted by Crippen LogP contribution is -2.42. The summed E-state index contributed by atoms with van der Waals surface area (Å²) in [5.41, 5.74) is 0.608. The van der Waals surface area contributed by atoms with Crippen molar-refractivity contribution >= 4 is 5.78 Å². The van der Waals surface area contributed by atoms with Gasteiger partial charge in [-0.15, -0.1) is 0 Å². The van der Waals surface area contributed by atoms with Crippen molar-refractivity contribution in [3.63, 3.8) is 0 Å². The minimum absolute atomic E-state index is 0.0929. The molecule has 1 saturated heterocycles. The van der Waals surface area contributed by atoms with Gasteiger partial charge < -0.3 is 0 Å². The van der Waals surface area contributed by atoms with Gasteiger partial charge in [-0.25, -0.2) is 4.39 Å². The Balaban J connectivity index is 1.99. The molecule has 1 atom stereocenters. The molecule has 1 aromatic carbocycles. The van der Waals surface area contributed by atoms with E-state index in [1.54, 1.807) is 12.1 Å². The SMILES string of the molecule is CC[C@@H]1CCCCN1CC(=O)c1ccc(F)cc1. The number of rotatable bonds is 4. The van der Waals surface area contributed by atoms with Gasteiger partial charge in [-0.05, 0) is 50.1 Å². The molecule has 1 fully saturated rings. The van der Waals surface area contributed by atoms with E-state index in [2.05, 4.69) is 11.8 Å². The first kappa shape index (κ1) is 13.2. The maximum absolute atomic E-state index is 12.8. The van der Waals surface area contributed by atoms with Gasteiger partial charge in [0.05, 0.1) is 6.54 Å². The maximum Gasteiger partial charge on any atom is 0.176 e. The molecule has 0 spiro atoms. The Morgan fingerprint density at radius 3 is 2.72 bits per heavy atom. The zero-order valence-electron chi connectivity index (χ0n) is 10.9. The molecular formula is C15H20FNO. The maximum atomic E-state index is 12.8. The number of halogens is 1. The van der Waals surface area contributed by atoms with Gasteiger partial charge in [0.1, 0.15) is 5.82 Å². The monoisotopic (exact) mass is 249 g/mol. The first-order valence-corrected chi connectivity index (χ1v) is 6.73. The fourth-order valence-electron chi connectivity index (χ4n) is 2.64. The predicted molar refractivity (Wildman–Crippen MR) is 70.2 cm³/mol. The first-order chi connectivity index (χ1) is 8.70. The lowest BCUT2D eigenvalue weighted by Gasteiger charge is -2.34. The summed E-state index contributed by atoms with van der Waals surface area (Å²) in [6, 6.07) is 6.37. The molecule has 0 aliphatic carbocycles. The smallest absolute Gasteiger partial charge is 0.176 e. The van der Waals surface area contributed by atoms with Gasteiger partial charge in [0.25, 0.3) is 0 Å². The second-order valence-electron chi connectivity index (χ2n) is 4.96. The summed E-state index contributed by atoms with van der Waals surface area (Å²) >= 11 is 0. The van der Waals surface area contributed by atoms with E-state index < -0.39 is 0 Å². The van der Waals surface area contributed by atoms with E-state index >= 15 is 0 Å². The molecule has 3 heteroatoms. The lowest BCUT2D eigenvalue weighted by atomic mass is 9.99. The number of ketones is 1. The van der Waals surface area contributed by atoms with E-state index in [4.69, 9.17) is 0 Å². The molecule has 1 aromatic rings. The van der Waals surface area contributed by atoms with Gasteiger partial charge in [0.2, 0.25) is 0 Å². The Kier molecular flexibility index (Phi) is 4.48. The third kappa shape index (κ3) is 3.16. The summed E-state index contributed by atoms with van der Waals surface area (Å²) in [4.78, 5) is 14.4. The van der Waals surface area contributed by atoms with Crippen LogP contribution in [-0.2, 0) is 0 Å². The molecule has 1 aliphatic heterocycles. The number of hydrogen-bond donors (Lipinski definition) is 0. The molecule has 2 rings (SSSR count). The van der Waals surface area contributed by atoms with Gasteiger partial charge in [-0.2, -0.15) is 0 Å². The second kappa shape index (κ2) is 6.10. The van der Waals surface area contributed by atoms with E-state index in [1.807, 2.05) is 0 Å². The highest BCUT2D eigenvalue weighted by atomic mass is 19.1. The minimum Gasteiger partial charge on any atom is -0.293 e. The summed E-state index contributed by atoms with van der Waals surface area (Å²) in [5, 5.41) is 0. The molecule has 0 N–H and O–H groups in total. The first-order valence-electron chi connectivity index (χ1n) is 6.73. The van der Waals surface area contributed by atoms with Crippen LogP contribution < -0.4 is 0 Å². The van der Waals surface area contributed by atoms with Crippen LogP contribution in [0.5, 0.6) is 0 Å². The molecule has 1 aliphatic rings.